The van der Waals surface area contributed by atoms with Crippen LogP contribution in [0.25, 0.3) is 10.4 Å². The summed E-state index contributed by atoms with van der Waals surface area (Å²) in [6, 6.07) is 11.1. The summed E-state index contributed by atoms with van der Waals surface area (Å²) in [5.41, 5.74) is 6.41. The third kappa shape index (κ3) is 4.50. The van der Waals surface area contributed by atoms with Crippen molar-refractivity contribution in [3.8, 4) is 10.4 Å². The van der Waals surface area contributed by atoms with Crippen molar-refractivity contribution in [2.75, 3.05) is 0 Å². The maximum absolute atomic E-state index is 13.4. The largest absolute Gasteiger partial charge is 0.338 e. The third-order valence-corrected chi connectivity index (χ3v) is 5.01. The lowest BCUT2D eigenvalue weighted by Crippen LogP contribution is -2.30. The van der Waals surface area contributed by atoms with E-state index in [1.165, 1.54) is 10.9 Å². The van der Waals surface area contributed by atoms with E-state index in [1.807, 2.05) is 12.1 Å². The third-order valence-electron chi connectivity index (χ3n) is 3.89. The molecule has 0 amide bonds. The average Bonchev–Trinajstić information content (AvgIpc) is 3.23. The maximum Gasteiger partial charge on any atom is 0.240 e. The summed E-state index contributed by atoms with van der Waals surface area (Å²) in [6.45, 7) is 5.87. The highest BCUT2D eigenvalue weighted by atomic mass is 32.1. The molecule has 0 unspecified atom stereocenters. The number of rotatable bonds is 7. The molecule has 3 aromatic rings. The van der Waals surface area contributed by atoms with Gasteiger partial charge in [0.2, 0.25) is 5.89 Å². The zero-order valence-corrected chi connectivity index (χ0v) is 15.1. The van der Waals surface area contributed by atoms with Gasteiger partial charge in [0.05, 0.1) is 13.1 Å². The lowest BCUT2D eigenvalue weighted by atomic mass is 10.2. The van der Waals surface area contributed by atoms with Crippen molar-refractivity contribution in [2.45, 2.75) is 39.5 Å². The van der Waals surface area contributed by atoms with Crippen LogP contribution in [0, 0.1) is 5.82 Å². The Morgan fingerprint density at radius 3 is 2.76 bits per heavy atom. The van der Waals surface area contributed by atoms with E-state index in [-0.39, 0.29) is 12.4 Å². The molecule has 2 heterocycles. The molecule has 1 aromatic carbocycles. The number of nitrogens with zero attached hydrogens (tertiary/aromatic N) is 3. The molecule has 5 nitrogen and oxygen atoms in total. The minimum absolute atomic E-state index is 0.218. The van der Waals surface area contributed by atoms with Crippen molar-refractivity contribution >= 4 is 11.3 Å². The first-order chi connectivity index (χ1) is 12.0. The summed E-state index contributed by atoms with van der Waals surface area (Å²) in [5.74, 6) is 0.864. The Balaban J connectivity index is 1.72. The second kappa shape index (κ2) is 7.86. The molecule has 0 saturated heterocycles. The molecule has 2 aromatic heterocycles. The highest BCUT2D eigenvalue weighted by molar-refractivity contribution is 7.15. The molecule has 0 radical (unpaired) electrons. The van der Waals surface area contributed by atoms with Gasteiger partial charge in [-0.1, -0.05) is 17.3 Å². The van der Waals surface area contributed by atoms with E-state index in [0.29, 0.717) is 24.3 Å². The minimum Gasteiger partial charge on any atom is -0.338 e. The van der Waals surface area contributed by atoms with Gasteiger partial charge < -0.3 is 10.3 Å². The molecule has 7 heteroatoms. The van der Waals surface area contributed by atoms with E-state index in [0.717, 1.165) is 17.0 Å². The molecule has 0 saturated carbocycles. The van der Waals surface area contributed by atoms with E-state index in [4.69, 9.17) is 10.3 Å². The summed E-state index contributed by atoms with van der Waals surface area (Å²) in [5, 5.41) is 3.97. The normalized spacial score (nSPS) is 11.6. The van der Waals surface area contributed by atoms with Crippen LogP contribution < -0.4 is 5.73 Å². The van der Waals surface area contributed by atoms with E-state index in [2.05, 4.69) is 35.0 Å². The SMILES string of the molecule is CC(C)N(Cc1noc(CN)n1)Cc1ccc(-c2cccc(F)c2)s1. The molecule has 132 valence electrons. The Labute approximate surface area is 150 Å². The molecule has 0 spiro atoms. The van der Waals surface area contributed by atoms with Crippen LogP contribution in [0.1, 0.15) is 30.4 Å². The Hall–Kier alpha value is -2.09. The molecule has 0 aliphatic heterocycles. The Kier molecular flexibility index (Phi) is 5.57. The van der Waals surface area contributed by atoms with E-state index in [1.54, 1.807) is 23.5 Å². The van der Waals surface area contributed by atoms with Crippen molar-refractivity contribution in [3.63, 3.8) is 0 Å². The number of hydrogen-bond donors (Lipinski definition) is 1. The lowest BCUT2D eigenvalue weighted by Gasteiger charge is -2.24. The van der Waals surface area contributed by atoms with Crippen molar-refractivity contribution in [2.24, 2.45) is 5.73 Å². The van der Waals surface area contributed by atoms with Crippen molar-refractivity contribution in [1.29, 1.82) is 0 Å². The second-order valence-electron chi connectivity index (χ2n) is 6.08. The first-order valence-corrected chi connectivity index (χ1v) is 8.97. The second-order valence-corrected chi connectivity index (χ2v) is 7.25. The predicted molar refractivity (Wildman–Crippen MR) is 96.3 cm³/mol. The first kappa shape index (κ1) is 17.7. The van der Waals surface area contributed by atoms with E-state index < -0.39 is 0 Å². The molecule has 0 bridgehead atoms. The van der Waals surface area contributed by atoms with Gasteiger partial charge in [0, 0.05) is 22.3 Å². The average molecular weight is 360 g/mol. The van der Waals surface area contributed by atoms with Crippen molar-refractivity contribution in [1.82, 2.24) is 15.0 Å². The van der Waals surface area contributed by atoms with Gasteiger partial charge in [-0.25, -0.2) is 4.39 Å². The fourth-order valence-electron chi connectivity index (χ4n) is 2.50. The van der Waals surface area contributed by atoms with Crippen LogP contribution in [0.3, 0.4) is 0 Å². The minimum atomic E-state index is -0.218. The van der Waals surface area contributed by atoms with Gasteiger partial charge in [0.15, 0.2) is 5.82 Å². The van der Waals surface area contributed by atoms with Crippen LogP contribution in [-0.2, 0) is 19.6 Å². The van der Waals surface area contributed by atoms with Gasteiger partial charge in [-0.3, -0.25) is 4.90 Å². The molecule has 2 N–H and O–H groups in total. The highest BCUT2D eigenvalue weighted by Crippen LogP contribution is 2.29. The Bertz CT molecular complexity index is 830. The highest BCUT2D eigenvalue weighted by Gasteiger charge is 2.16. The van der Waals surface area contributed by atoms with Crippen LogP contribution in [0.5, 0.6) is 0 Å². The fourth-order valence-corrected chi connectivity index (χ4v) is 3.53. The van der Waals surface area contributed by atoms with Gasteiger partial charge in [-0.15, -0.1) is 11.3 Å². The molecular formula is C18H21FN4OS. The number of thiophene rings is 1. The summed E-state index contributed by atoms with van der Waals surface area (Å²) in [7, 11) is 0. The molecule has 3 rings (SSSR count). The molecular weight excluding hydrogens is 339 g/mol. The van der Waals surface area contributed by atoms with Gasteiger partial charge in [0.1, 0.15) is 5.82 Å². The van der Waals surface area contributed by atoms with E-state index in [9.17, 15) is 4.39 Å². The van der Waals surface area contributed by atoms with E-state index >= 15 is 0 Å². The van der Waals surface area contributed by atoms with Crippen LogP contribution >= 0.6 is 11.3 Å². The van der Waals surface area contributed by atoms with Crippen LogP contribution in [0.4, 0.5) is 4.39 Å². The molecule has 0 atom stereocenters. The monoisotopic (exact) mass is 360 g/mol. The smallest absolute Gasteiger partial charge is 0.240 e. The van der Waals surface area contributed by atoms with Gasteiger partial charge >= 0.3 is 0 Å². The van der Waals surface area contributed by atoms with Gasteiger partial charge in [-0.2, -0.15) is 4.98 Å². The number of hydrogen-bond acceptors (Lipinski definition) is 6. The van der Waals surface area contributed by atoms with Gasteiger partial charge in [-0.05, 0) is 43.7 Å². The predicted octanol–water partition coefficient (Wildman–Crippen LogP) is 3.81. The number of aromatic nitrogens is 2. The molecule has 0 fully saturated rings. The summed E-state index contributed by atoms with van der Waals surface area (Å²) >= 11 is 1.67. The van der Waals surface area contributed by atoms with Crippen molar-refractivity contribution in [3.05, 3.63) is 58.8 Å². The summed E-state index contributed by atoms with van der Waals surface area (Å²) in [6.07, 6.45) is 0. The molecule has 25 heavy (non-hydrogen) atoms. The topological polar surface area (TPSA) is 68.2 Å². The molecule has 0 aliphatic rings. The summed E-state index contributed by atoms with van der Waals surface area (Å²) in [4.78, 5) is 8.79. The Morgan fingerprint density at radius 1 is 1.24 bits per heavy atom. The van der Waals surface area contributed by atoms with Crippen LogP contribution in [0.2, 0.25) is 0 Å². The quantitative estimate of drug-likeness (QED) is 0.694. The maximum atomic E-state index is 13.4. The number of halogens is 1. The number of nitrogens with two attached hydrogens (primary N) is 1. The lowest BCUT2D eigenvalue weighted by molar-refractivity contribution is 0.197. The zero-order valence-electron chi connectivity index (χ0n) is 14.3. The molecule has 0 aliphatic carbocycles. The first-order valence-electron chi connectivity index (χ1n) is 8.15. The standard InChI is InChI=1S/C18H21FN4OS/c1-12(2)23(11-17-21-18(9-20)24-22-17)10-15-6-7-16(25-15)13-4-3-5-14(19)8-13/h3-8,12H,9-11,20H2,1-2H3. The Morgan fingerprint density at radius 2 is 2.08 bits per heavy atom. The summed E-state index contributed by atoms with van der Waals surface area (Å²) < 4.78 is 18.5. The number of benzene rings is 1. The van der Waals surface area contributed by atoms with Gasteiger partial charge in [0.25, 0.3) is 0 Å². The zero-order chi connectivity index (χ0) is 17.8. The fraction of sp³-hybridized carbons (Fsp3) is 0.333. The van der Waals surface area contributed by atoms with Crippen LogP contribution in [0.15, 0.2) is 40.9 Å². The van der Waals surface area contributed by atoms with Crippen molar-refractivity contribution < 1.29 is 8.91 Å². The van der Waals surface area contributed by atoms with Crippen LogP contribution in [-0.4, -0.2) is 21.1 Å².